The highest BCUT2D eigenvalue weighted by Gasteiger charge is 2.27. The number of rotatable bonds is 7. The summed E-state index contributed by atoms with van der Waals surface area (Å²) in [6, 6.07) is 8.61. The van der Waals surface area contributed by atoms with Crippen LogP contribution in [0.25, 0.3) is 10.9 Å². The van der Waals surface area contributed by atoms with Crippen molar-refractivity contribution in [2.75, 3.05) is 39.4 Å². The quantitative estimate of drug-likeness (QED) is 0.680. The van der Waals surface area contributed by atoms with E-state index in [-0.39, 0.29) is 18.5 Å². The first kappa shape index (κ1) is 22.9. The highest BCUT2D eigenvalue weighted by atomic mass is 19.4. The molecule has 1 atom stereocenters. The third kappa shape index (κ3) is 6.35. The van der Waals surface area contributed by atoms with Gasteiger partial charge in [0.15, 0.2) is 0 Å². The third-order valence-corrected chi connectivity index (χ3v) is 5.06. The second-order valence-electron chi connectivity index (χ2n) is 7.12. The lowest BCUT2D eigenvalue weighted by Crippen LogP contribution is -2.50. The molecule has 2 heterocycles. The van der Waals surface area contributed by atoms with E-state index >= 15 is 0 Å². The number of allylic oxidation sites excluding steroid dienone is 1. The molecule has 1 N–H and O–H groups in total. The van der Waals surface area contributed by atoms with Gasteiger partial charge in [0.05, 0.1) is 24.8 Å². The van der Waals surface area contributed by atoms with Crippen LogP contribution in [0.4, 0.5) is 13.2 Å². The average Bonchev–Trinajstić information content (AvgIpc) is 2.77. The molecule has 6 nitrogen and oxygen atoms in total. The van der Waals surface area contributed by atoms with Gasteiger partial charge in [-0.3, -0.25) is 19.7 Å². The number of benzene rings is 1. The predicted molar refractivity (Wildman–Crippen MR) is 113 cm³/mol. The zero-order valence-corrected chi connectivity index (χ0v) is 17.2. The van der Waals surface area contributed by atoms with Gasteiger partial charge in [-0.2, -0.15) is 13.2 Å². The maximum Gasteiger partial charge on any atom is 0.407 e. The molecule has 0 aliphatic carbocycles. The van der Waals surface area contributed by atoms with E-state index in [2.05, 4.69) is 20.2 Å². The average molecular weight is 434 g/mol. The van der Waals surface area contributed by atoms with Gasteiger partial charge in [0.1, 0.15) is 6.54 Å². The van der Waals surface area contributed by atoms with Crippen molar-refractivity contribution in [2.45, 2.75) is 19.1 Å². The normalized spacial score (nSPS) is 17.2. The van der Waals surface area contributed by atoms with Crippen molar-refractivity contribution in [3.05, 3.63) is 53.7 Å². The minimum Gasteiger partial charge on any atom is -0.379 e. The molecule has 0 bridgehead atoms. The van der Waals surface area contributed by atoms with E-state index in [0.717, 1.165) is 5.39 Å². The molecule has 0 radical (unpaired) electrons. The molecule has 1 fully saturated rings. The number of aromatic nitrogens is 1. The Morgan fingerprint density at radius 3 is 2.77 bits per heavy atom. The van der Waals surface area contributed by atoms with Crippen LogP contribution in [0.2, 0.25) is 0 Å². The van der Waals surface area contributed by atoms with Crippen LogP contribution in [0.15, 0.2) is 53.2 Å². The number of hydrogen-bond donors (Lipinski definition) is 1. The highest BCUT2D eigenvalue weighted by Crippen LogP contribution is 2.18. The number of carbonyl (C=O) groups is 1. The number of alkyl halides is 3. The third-order valence-electron chi connectivity index (χ3n) is 5.06. The summed E-state index contributed by atoms with van der Waals surface area (Å²) in [6.07, 6.45) is 0.285. The number of fused-ring (bicyclic) bond motifs is 1. The Balaban J connectivity index is 1.77. The summed E-state index contributed by atoms with van der Waals surface area (Å²) >= 11 is 0. The van der Waals surface area contributed by atoms with Gasteiger partial charge in [-0.1, -0.05) is 18.2 Å². The summed E-state index contributed by atoms with van der Waals surface area (Å²) in [5.41, 5.74) is 1.83. The molecule has 31 heavy (non-hydrogen) atoms. The van der Waals surface area contributed by atoms with E-state index in [1.165, 1.54) is 6.21 Å². The van der Waals surface area contributed by atoms with E-state index in [0.29, 0.717) is 43.0 Å². The van der Waals surface area contributed by atoms with Gasteiger partial charge >= 0.3 is 6.18 Å². The number of nitrogens with zero attached hydrogens (tertiary/aromatic N) is 3. The number of morpholine rings is 1. The maximum atomic E-state index is 12.9. The van der Waals surface area contributed by atoms with Crippen molar-refractivity contribution in [3.8, 4) is 0 Å². The fourth-order valence-corrected chi connectivity index (χ4v) is 3.54. The summed E-state index contributed by atoms with van der Waals surface area (Å²) in [6.45, 7) is 3.02. The van der Waals surface area contributed by atoms with Crippen molar-refractivity contribution >= 4 is 23.0 Å². The Kier molecular flexibility index (Phi) is 7.75. The maximum absolute atomic E-state index is 12.9. The van der Waals surface area contributed by atoms with E-state index in [1.54, 1.807) is 37.4 Å². The smallest absolute Gasteiger partial charge is 0.379 e. The summed E-state index contributed by atoms with van der Waals surface area (Å²) in [5.74, 6) is -0.264. The lowest BCUT2D eigenvalue weighted by atomic mass is 10.0. The molecule has 166 valence electrons. The SMILES string of the molecule is C/C=C(\C=NCC(F)(F)F)C(CNC(=O)c1cccc2ncccc12)N1CCOCC1. The molecule has 3 rings (SSSR count). The molecule has 0 spiro atoms. The van der Waals surface area contributed by atoms with Crippen molar-refractivity contribution in [3.63, 3.8) is 0 Å². The van der Waals surface area contributed by atoms with Crippen molar-refractivity contribution < 1.29 is 22.7 Å². The van der Waals surface area contributed by atoms with Crippen LogP contribution >= 0.6 is 0 Å². The number of pyridine rings is 1. The van der Waals surface area contributed by atoms with Crippen molar-refractivity contribution in [2.24, 2.45) is 4.99 Å². The fourth-order valence-electron chi connectivity index (χ4n) is 3.54. The van der Waals surface area contributed by atoms with Gasteiger partial charge in [0.25, 0.3) is 5.91 Å². The van der Waals surface area contributed by atoms with Crippen LogP contribution in [0.3, 0.4) is 0 Å². The first-order valence-corrected chi connectivity index (χ1v) is 10.1. The van der Waals surface area contributed by atoms with Crippen LogP contribution in [-0.2, 0) is 4.74 Å². The lowest BCUT2D eigenvalue weighted by molar-refractivity contribution is -0.118. The predicted octanol–water partition coefficient (Wildman–Crippen LogP) is 3.24. The topological polar surface area (TPSA) is 66.8 Å². The Bertz CT molecular complexity index is 948. The van der Waals surface area contributed by atoms with E-state index in [1.807, 2.05) is 12.1 Å². The molecule has 1 aliphatic heterocycles. The number of carbonyl (C=O) groups excluding carboxylic acids is 1. The molecule has 1 aliphatic rings. The van der Waals surface area contributed by atoms with Gasteiger partial charge in [-0.25, -0.2) is 0 Å². The summed E-state index contributed by atoms with van der Waals surface area (Å²) in [4.78, 5) is 22.8. The Morgan fingerprint density at radius 1 is 1.29 bits per heavy atom. The molecule has 1 aromatic carbocycles. The van der Waals surface area contributed by atoms with Gasteiger partial charge in [-0.05, 0) is 30.7 Å². The first-order valence-electron chi connectivity index (χ1n) is 10.1. The Labute approximate surface area is 178 Å². The Morgan fingerprint density at radius 2 is 2.06 bits per heavy atom. The summed E-state index contributed by atoms with van der Waals surface area (Å²) in [5, 5.41) is 3.68. The van der Waals surface area contributed by atoms with E-state index < -0.39 is 12.7 Å². The van der Waals surface area contributed by atoms with Crippen LogP contribution in [0.1, 0.15) is 17.3 Å². The minimum absolute atomic E-state index is 0.229. The molecular formula is C22H25F3N4O2. The molecule has 1 unspecified atom stereocenters. The van der Waals surface area contributed by atoms with Gasteiger partial charge < -0.3 is 10.1 Å². The number of nitrogens with one attached hydrogen (secondary N) is 1. The monoisotopic (exact) mass is 434 g/mol. The van der Waals surface area contributed by atoms with Crippen molar-refractivity contribution in [1.82, 2.24) is 15.2 Å². The number of amides is 1. The standard InChI is InChI=1S/C22H25F3N4O2/c1-2-16(13-26-15-22(23,24)25)20(29-9-11-31-12-10-29)14-28-21(30)18-5-3-7-19-17(18)6-4-8-27-19/h2-8,13,20H,9-12,14-15H2,1H3,(H,28,30)/b16-2+,26-13?. The Hall–Kier alpha value is -2.78. The molecule has 1 aromatic heterocycles. The van der Waals surface area contributed by atoms with E-state index in [9.17, 15) is 18.0 Å². The van der Waals surface area contributed by atoms with Crippen molar-refractivity contribution in [1.29, 1.82) is 0 Å². The van der Waals surface area contributed by atoms with Gasteiger partial charge in [0.2, 0.25) is 0 Å². The van der Waals surface area contributed by atoms with Crippen LogP contribution in [0.5, 0.6) is 0 Å². The van der Waals surface area contributed by atoms with Crippen LogP contribution in [0, 0.1) is 0 Å². The number of ether oxygens (including phenoxy) is 1. The largest absolute Gasteiger partial charge is 0.407 e. The number of hydrogen-bond acceptors (Lipinski definition) is 5. The molecule has 2 aromatic rings. The van der Waals surface area contributed by atoms with Crippen LogP contribution < -0.4 is 5.32 Å². The molecule has 1 saturated heterocycles. The number of halogens is 3. The highest BCUT2D eigenvalue weighted by molar-refractivity contribution is 6.06. The van der Waals surface area contributed by atoms with Gasteiger partial charge in [0, 0.05) is 43.0 Å². The molecule has 0 saturated carbocycles. The molecular weight excluding hydrogens is 409 g/mol. The fraction of sp³-hybridized carbons (Fsp3) is 0.409. The van der Waals surface area contributed by atoms with E-state index in [4.69, 9.17) is 4.74 Å². The first-order chi connectivity index (χ1) is 14.9. The summed E-state index contributed by atoms with van der Waals surface area (Å²) in [7, 11) is 0. The second-order valence-corrected chi connectivity index (χ2v) is 7.12. The lowest BCUT2D eigenvalue weighted by Gasteiger charge is -2.35. The molecule has 1 amide bonds. The van der Waals surface area contributed by atoms with Crippen LogP contribution in [-0.4, -0.2) is 73.6 Å². The van der Waals surface area contributed by atoms with Gasteiger partial charge in [-0.15, -0.1) is 0 Å². The zero-order valence-electron chi connectivity index (χ0n) is 17.2. The molecule has 9 heteroatoms. The summed E-state index contributed by atoms with van der Waals surface area (Å²) < 4.78 is 42.9. The minimum atomic E-state index is -4.36. The zero-order chi connectivity index (χ0) is 22.3. The second kappa shape index (κ2) is 10.5. The number of aliphatic imine (C=N–C) groups is 1.